The van der Waals surface area contributed by atoms with Gasteiger partial charge in [0.05, 0.1) is 11.9 Å². The van der Waals surface area contributed by atoms with Crippen molar-refractivity contribution in [1.29, 1.82) is 0 Å². The lowest BCUT2D eigenvalue weighted by molar-refractivity contribution is -0.105. The zero-order valence-corrected chi connectivity index (χ0v) is 8.48. The van der Waals surface area contributed by atoms with Crippen molar-refractivity contribution in [3.05, 3.63) is 41.6 Å². The van der Waals surface area contributed by atoms with Crippen LogP contribution in [0.2, 0.25) is 5.02 Å². The predicted octanol–water partition coefficient (Wildman–Crippen LogP) is 2.09. The van der Waals surface area contributed by atoms with Crippen LogP contribution in [0.5, 0.6) is 0 Å². The molecule has 0 bridgehead atoms. The van der Waals surface area contributed by atoms with E-state index in [0.29, 0.717) is 17.3 Å². The van der Waals surface area contributed by atoms with Crippen LogP contribution in [-0.2, 0) is 4.79 Å². The molecule has 2 aromatic rings. The average Bonchev–Trinajstić information content (AvgIpc) is 2.68. The van der Waals surface area contributed by atoms with Gasteiger partial charge in [0.2, 0.25) is 6.41 Å². The van der Waals surface area contributed by atoms with Crippen LogP contribution in [0.4, 0.5) is 5.82 Å². The van der Waals surface area contributed by atoms with Crippen LogP contribution in [-0.4, -0.2) is 16.2 Å². The van der Waals surface area contributed by atoms with Crippen LogP contribution in [0, 0.1) is 0 Å². The van der Waals surface area contributed by atoms with Crippen molar-refractivity contribution in [2.75, 3.05) is 5.32 Å². The molecule has 0 unspecified atom stereocenters. The number of hydrogen-bond donors (Lipinski definition) is 1. The van der Waals surface area contributed by atoms with Crippen LogP contribution in [0.25, 0.3) is 5.69 Å². The molecule has 0 saturated carbocycles. The number of nitrogens with zero attached hydrogens (tertiary/aromatic N) is 2. The zero-order valence-electron chi connectivity index (χ0n) is 7.72. The summed E-state index contributed by atoms with van der Waals surface area (Å²) in [6.45, 7) is 0. The van der Waals surface area contributed by atoms with Crippen molar-refractivity contribution in [3.8, 4) is 5.69 Å². The van der Waals surface area contributed by atoms with Crippen molar-refractivity contribution in [1.82, 2.24) is 9.78 Å². The van der Waals surface area contributed by atoms with E-state index in [4.69, 9.17) is 11.6 Å². The van der Waals surface area contributed by atoms with Crippen LogP contribution in [0.3, 0.4) is 0 Å². The number of nitrogens with one attached hydrogen (secondary N) is 1. The second-order valence-corrected chi connectivity index (χ2v) is 3.30. The Morgan fingerprint density at radius 2 is 2.00 bits per heavy atom. The zero-order chi connectivity index (χ0) is 10.7. The largest absolute Gasteiger partial charge is 0.313 e. The number of aromatic nitrogens is 2. The maximum Gasteiger partial charge on any atom is 0.212 e. The fraction of sp³-hybridized carbons (Fsp3) is 0. The summed E-state index contributed by atoms with van der Waals surface area (Å²) in [5.74, 6) is 0.618. The summed E-state index contributed by atoms with van der Waals surface area (Å²) >= 11 is 5.77. The molecule has 1 amide bonds. The number of carbonyl (C=O) groups is 1. The Morgan fingerprint density at radius 3 is 2.67 bits per heavy atom. The van der Waals surface area contributed by atoms with E-state index < -0.39 is 0 Å². The Bertz CT molecular complexity index is 464. The van der Waals surface area contributed by atoms with Gasteiger partial charge in [-0.25, -0.2) is 4.68 Å². The van der Waals surface area contributed by atoms with Crippen molar-refractivity contribution >= 4 is 23.8 Å². The lowest BCUT2D eigenvalue weighted by Crippen LogP contribution is -2.03. The van der Waals surface area contributed by atoms with Gasteiger partial charge in [0.1, 0.15) is 5.82 Å². The Balaban J connectivity index is 2.40. The fourth-order valence-electron chi connectivity index (χ4n) is 1.26. The molecule has 0 aliphatic rings. The average molecular weight is 222 g/mol. The molecule has 76 valence electrons. The van der Waals surface area contributed by atoms with Crippen molar-refractivity contribution in [2.24, 2.45) is 0 Å². The molecule has 0 radical (unpaired) electrons. The summed E-state index contributed by atoms with van der Waals surface area (Å²) in [6, 6.07) is 8.89. The summed E-state index contributed by atoms with van der Waals surface area (Å²) in [5.41, 5.74) is 0.841. The Hall–Kier alpha value is -1.81. The van der Waals surface area contributed by atoms with E-state index in [1.165, 1.54) is 0 Å². The van der Waals surface area contributed by atoms with E-state index in [-0.39, 0.29) is 0 Å². The Kier molecular flexibility index (Phi) is 2.69. The second kappa shape index (κ2) is 4.14. The maximum absolute atomic E-state index is 10.3. The molecule has 2 rings (SSSR count). The minimum absolute atomic E-state index is 0.615. The second-order valence-electron chi connectivity index (χ2n) is 2.87. The van der Waals surface area contributed by atoms with Gasteiger partial charge >= 0.3 is 0 Å². The van der Waals surface area contributed by atoms with Gasteiger partial charge in [0.15, 0.2) is 0 Å². The van der Waals surface area contributed by atoms with E-state index in [1.807, 2.05) is 12.1 Å². The van der Waals surface area contributed by atoms with Crippen molar-refractivity contribution in [3.63, 3.8) is 0 Å². The van der Waals surface area contributed by atoms with Gasteiger partial charge in [-0.2, -0.15) is 5.10 Å². The number of hydrogen-bond acceptors (Lipinski definition) is 2. The molecule has 1 heterocycles. The summed E-state index contributed by atoms with van der Waals surface area (Å²) in [4.78, 5) is 10.3. The van der Waals surface area contributed by atoms with E-state index in [0.717, 1.165) is 5.69 Å². The number of halogens is 1. The smallest absolute Gasteiger partial charge is 0.212 e. The molecule has 0 fully saturated rings. The molecule has 1 N–H and O–H groups in total. The Morgan fingerprint density at radius 1 is 1.27 bits per heavy atom. The molecule has 0 saturated heterocycles. The normalized spacial score (nSPS) is 9.93. The van der Waals surface area contributed by atoms with Crippen LogP contribution < -0.4 is 5.32 Å². The number of anilines is 1. The molecule has 15 heavy (non-hydrogen) atoms. The first kappa shape index (κ1) is 9.73. The summed E-state index contributed by atoms with van der Waals surface area (Å²) in [5, 5.41) is 7.31. The topological polar surface area (TPSA) is 46.9 Å². The third-order valence-corrected chi connectivity index (χ3v) is 2.17. The quantitative estimate of drug-likeness (QED) is 0.807. The van der Waals surface area contributed by atoms with Crippen molar-refractivity contribution < 1.29 is 4.79 Å². The van der Waals surface area contributed by atoms with Gasteiger partial charge < -0.3 is 5.32 Å². The van der Waals surface area contributed by atoms with Crippen LogP contribution in [0.15, 0.2) is 36.5 Å². The van der Waals surface area contributed by atoms with Gasteiger partial charge in [0.25, 0.3) is 0 Å². The van der Waals surface area contributed by atoms with Crippen LogP contribution in [0.1, 0.15) is 0 Å². The van der Waals surface area contributed by atoms with E-state index >= 15 is 0 Å². The number of rotatable bonds is 3. The fourth-order valence-corrected chi connectivity index (χ4v) is 1.39. The lowest BCUT2D eigenvalue weighted by atomic mass is 10.3. The highest BCUT2D eigenvalue weighted by atomic mass is 35.5. The first-order valence-corrected chi connectivity index (χ1v) is 4.69. The predicted molar refractivity (Wildman–Crippen MR) is 58.3 cm³/mol. The Labute approximate surface area is 91.5 Å². The highest BCUT2D eigenvalue weighted by Gasteiger charge is 2.03. The molecular formula is C10H8ClN3O. The number of amides is 1. The monoisotopic (exact) mass is 221 g/mol. The minimum Gasteiger partial charge on any atom is -0.313 e. The van der Waals surface area contributed by atoms with Crippen molar-refractivity contribution in [2.45, 2.75) is 0 Å². The SMILES string of the molecule is O=CNc1ccnn1-c1ccc(Cl)cc1. The van der Waals surface area contributed by atoms with Gasteiger partial charge in [-0.1, -0.05) is 11.6 Å². The third kappa shape index (κ3) is 1.99. The molecule has 0 atom stereocenters. The van der Waals surface area contributed by atoms with Gasteiger partial charge in [-0.15, -0.1) is 0 Å². The molecule has 0 aliphatic carbocycles. The molecule has 1 aromatic carbocycles. The van der Waals surface area contributed by atoms with E-state index in [9.17, 15) is 4.79 Å². The molecule has 0 spiro atoms. The summed E-state index contributed by atoms with van der Waals surface area (Å²) < 4.78 is 1.62. The standard InChI is InChI=1S/C10H8ClN3O/c11-8-1-3-9(4-2-8)14-10(12-7-15)5-6-13-14/h1-7H,(H,12,15). The van der Waals surface area contributed by atoms with Gasteiger partial charge in [0, 0.05) is 11.1 Å². The molecule has 0 aliphatic heterocycles. The lowest BCUT2D eigenvalue weighted by Gasteiger charge is -2.05. The third-order valence-electron chi connectivity index (χ3n) is 1.92. The van der Waals surface area contributed by atoms with E-state index in [1.54, 1.807) is 29.1 Å². The molecule has 1 aromatic heterocycles. The van der Waals surface area contributed by atoms with Gasteiger partial charge in [-0.3, -0.25) is 4.79 Å². The number of benzene rings is 1. The highest BCUT2D eigenvalue weighted by molar-refractivity contribution is 6.30. The first-order chi connectivity index (χ1) is 7.31. The van der Waals surface area contributed by atoms with Gasteiger partial charge in [-0.05, 0) is 24.3 Å². The molecular weight excluding hydrogens is 214 g/mol. The molecule has 4 nitrogen and oxygen atoms in total. The first-order valence-electron chi connectivity index (χ1n) is 4.31. The summed E-state index contributed by atoms with van der Waals surface area (Å²) in [7, 11) is 0. The van der Waals surface area contributed by atoms with E-state index in [2.05, 4.69) is 10.4 Å². The minimum atomic E-state index is 0.615. The highest BCUT2D eigenvalue weighted by Crippen LogP contribution is 2.16. The van der Waals surface area contributed by atoms with Crippen LogP contribution >= 0.6 is 11.6 Å². The summed E-state index contributed by atoms with van der Waals surface area (Å²) in [6.07, 6.45) is 2.23. The number of carbonyl (C=O) groups excluding carboxylic acids is 1. The molecule has 5 heteroatoms. The maximum atomic E-state index is 10.3.